The highest BCUT2D eigenvalue weighted by Crippen LogP contribution is 2.30. The molecular weight excluding hydrogens is 415 g/mol. The van der Waals surface area contributed by atoms with Crippen LogP contribution < -0.4 is 0 Å². The second-order valence-electron chi connectivity index (χ2n) is 7.45. The van der Waals surface area contributed by atoms with E-state index < -0.39 is 0 Å². The molecule has 1 aliphatic heterocycles. The van der Waals surface area contributed by atoms with Gasteiger partial charge in [-0.05, 0) is 37.1 Å². The minimum Gasteiger partial charge on any atom is -0.420 e. The first-order chi connectivity index (χ1) is 15.2. The molecule has 0 radical (unpaired) electrons. The number of hydrogen-bond donors (Lipinski definition) is 0. The Bertz CT molecular complexity index is 1190. The molecule has 2 aromatic heterocycles. The lowest BCUT2D eigenvalue weighted by molar-refractivity contribution is 0.0693. The molecule has 156 valence electrons. The molecule has 4 aromatic rings. The summed E-state index contributed by atoms with van der Waals surface area (Å²) in [6.07, 6.45) is 1.71. The summed E-state index contributed by atoms with van der Waals surface area (Å²) in [5.74, 6) is 0.418. The van der Waals surface area contributed by atoms with Crippen LogP contribution in [0.5, 0.6) is 0 Å². The van der Waals surface area contributed by atoms with Gasteiger partial charge in [0.05, 0.1) is 5.92 Å². The number of likely N-dealkylation sites (tertiary alicyclic amines) is 1. The van der Waals surface area contributed by atoms with E-state index in [4.69, 9.17) is 4.42 Å². The lowest BCUT2D eigenvalue weighted by Gasteiger charge is -2.30. The predicted molar refractivity (Wildman–Crippen MR) is 115 cm³/mol. The number of hydrogen-bond acceptors (Lipinski definition) is 6. The fourth-order valence-electron chi connectivity index (χ4n) is 3.72. The first-order valence-corrected chi connectivity index (χ1v) is 10.9. The first-order valence-electron chi connectivity index (χ1n) is 10.1. The Morgan fingerprint density at radius 1 is 1.06 bits per heavy atom. The molecule has 0 bridgehead atoms. The van der Waals surface area contributed by atoms with Gasteiger partial charge in [-0.1, -0.05) is 30.3 Å². The van der Waals surface area contributed by atoms with Crippen molar-refractivity contribution in [3.8, 4) is 22.0 Å². The maximum Gasteiger partial charge on any atom is 0.273 e. The number of nitrogens with zero attached hydrogens (tertiary/aromatic N) is 4. The van der Waals surface area contributed by atoms with Gasteiger partial charge in [0.15, 0.2) is 0 Å². The zero-order valence-electron chi connectivity index (χ0n) is 16.6. The van der Waals surface area contributed by atoms with E-state index in [1.807, 2.05) is 35.7 Å². The monoisotopic (exact) mass is 434 g/mol. The van der Waals surface area contributed by atoms with Crippen LogP contribution in [-0.2, 0) is 0 Å². The zero-order chi connectivity index (χ0) is 21.2. The third-order valence-electron chi connectivity index (χ3n) is 5.33. The molecule has 3 heterocycles. The van der Waals surface area contributed by atoms with Crippen molar-refractivity contribution >= 4 is 17.2 Å². The van der Waals surface area contributed by atoms with Crippen LogP contribution in [0.2, 0.25) is 0 Å². The van der Waals surface area contributed by atoms with E-state index in [9.17, 15) is 9.18 Å². The van der Waals surface area contributed by atoms with E-state index in [1.165, 1.54) is 23.5 Å². The molecule has 0 N–H and O–H groups in total. The molecule has 1 aliphatic rings. The van der Waals surface area contributed by atoms with Gasteiger partial charge in [-0.15, -0.1) is 21.5 Å². The molecule has 0 aliphatic carbocycles. The van der Waals surface area contributed by atoms with Gasteiger partial charge in [0.2, 0.25) is 11.8 Å². The van der Waals surface area contributed by atoms with Crippen LogP contribution in [0.25, 0.3) is 22.0 Å². The second-order valence-corrected chi connectivity index (χ2v) is 8.30. The van der Waals surface area contributed by atoms with E-state index in [0.717, 1.165) is 23.4 Å². The second kappa shape index (κ2) is 8.39. The molecule has 1 fully saturated rings. The van der Waals surface area contributed by atoms with Crippen molar-refractivity contribution < 1.29 is 13.6 Å². The van der Waals surface area contributed by atoms with Crippen molar-refractivity contribution in [1.82, 2.24) is 20.1 Å². The number of rotatable bonds is 4. The third kappa shape index (κ3) is 4.11. The lowest BCUT2D eigenvalue weighted by atomic mass is 9.98. The van der Waals surface area contributed by atoms with Gasteiger partial charge in [0.25, 0.3) is 5.91 Å². The van der Waals surface area contributed by atoms with E-state index in [2.05, 4.69) is 15.2 Å². The van der Waals surface area contributed by atoms with Crippen molar-refractivity contribution in [1.29, 1.82) is 0 Å². The molecule has 2 aromatic carbocycles. The fraction of sp³-hybridized carbons (Fsp3) is 0.217. The Morgan fingerprint density at radius 3 is 2.68 bits per heavy atom. The number of aromatic nitrogens is 3. The largest absolute Gasteiger partial charge is 0.420 e. The highest BCUT2D eigenvalue weighted by Gasteiger charge is 2.30. The maximum atomic E-state index is 13.1. The Morgan fingerprint density at radius 2 is 1.87 bits per heavy atom. The van der Waals surface area contributed by atoms with Crippen molar-refractivity contribution in [2.24, 2.45) is 0 Å². The molecule has 0 spiro atoms. The van der Waals surface area contributed by atoms with Crippen molar-refractivity contribution in [3.05, 3.63) is 77.4 Å². The quantitative estimate of drug-likeness (QED) is 0.451. The van der Waals surface area contributed by atoms with E-state index in [1.54, 1.807) is 17.0 Å². The standard InChI is InChI=1S/C23H19FN4O2S/c24-18-10-8-15(9-11-18)20-26-27-21(30-20)17-7-4-12-28(13-17)23(29)19-14-31-22(25-19)16-5-2-1-3-6-16/h1-3,5-6,8-11,14,17H,4,7,12-13H2. The highest BCUT2D eigenvalue weighted by molar-refractivity contribution is 7.13. The minimum atomic E-state index is -0.317. The number of carbonyl (C=O) groups is 1. The van der Waals surface area contributed by atoms with Crippen LogP contribution in [0.4, 0.5) is 4.39 Å². The number of halogens is 1. The van der Waals surface area contributed by atoms with Gasteiger partial charge in [-0.3, -0.25) is 4.79 Å². The SMILES string of the molecule is O=C(c1csc(-c2ccccc2)n1)N1CCCC(c2nnc(-c3ccc(F)cc3)o2)C1. The molecular formula is C23H19FN4O2S. The van der Waals surface area contributed by atoms with Crippen LogP contribution in [0.1, 0.15) is 35.1 Å². The highest BCUT2D eigenvalue weighted by atomic mass is 32.1. The molecule has 8 heteroatoms. The Hall–Kier alpha value is -3.39. The predicted octanol–water partition coefficient (Wildman–Crippen LogP) is 5.02. The molecule has 1 unspecified atom stereocenters. The first kappa shape index (κ1) is 19.6. The molecule has 31 heavy (non-hydrogen) atoms. The zero-order valence-corrected chi connectivity index (χ0v) is 17.4. The van der Waals surface area contributed by atoms with Gasteiger partial charge in [-0.2, -0.15) is 0 Å². The lowest BCUT2D eigenvalue weighted by Crippen LogP contribution is -2.39. The van der Waals surface area contributed by atoms with Gasteiger partial charge in [0.1, 0.15) is 16.5 Å². The van der Waals surface area contributed by atoms with Crippen LogP contribution in [0.15, 0.2) is 64.4 Å². The fourth-order valence-corrected chi connectivity index (χ4v) is 4.52. The number of amides is 1. The van der Waals surface area contributed by atoms with Crippen LogP contribution in [-0.4, -0.2) is 39.1 Å². The number of piperidine rings is 1. The number of benzene rings is 2. The molecule has 1 saturated heterocycles. The summed E-state index contributed by atoms with van der Waals surface area (Å²) in [6, 6.07) is 15.8. The summed E-state index contributed by atoms with van der Waals surface area (Å²) in [5, 5.41) is 10.9. The summed E-state index contributed by atoms with van der Waals surface area (Å²) < 4.78 is 19.0. The summed E-state index contributed by atoms with van der Waals surface area (Å²) in [7, 11) is 0. The van der Waals surface area contributed by atoms with Gasteiger partial charge < -0.3 is 9.32 Å². The average molecular weight is 434 g/mol. The van der Waals surface area contributed by atoms with Crippen molar-refractivity contribution in [3.63, 3.8) is 0 Å². The topological polar surface area (TPSA) is 72.1 Å². The Kier molecular flexibility index (Phi) is 5.30. The normalized spacial score (nSPS) is 16.4. The average Bonchev–Trinajstić information content (AvgIpc) is 3.50. The van der Waals surface area contributed by atoms with E-state index >= 15 is 0 Å². The van der Waals surface area contributed by atoms with E-state index in [0.29, 0.717) is 36.1 Å². The molecule has 6 nitrogen and oxygen atoms in total. The number of carbonyl (C=O) groups excluding carboxylic acids is 1. The summed E-state index contributed by atoms with van der Waals surface area (Å²) in [6.45, 7) is 1.18. The van der Waals surface area contributed by atoms with Crippen molar-refractivity contribution in [2.45, 2.75) is 18.8 Å². The Labute approximate surface area is 182 Å². The van der Waals surface area contributed by atoms with Gasteiger partial charge in [-0.25, -0.2) is 9.37 Å². The third-order valence-corrected chi connectivity index (χ3v) is 6.23. The molecule has 1 amide bonds. The number of thiazole rings is 1. The summed E-state index contributed by atoms with van der Waals surface area (Å²) in [4.78, 5) is 19.4. The van der Waals surface area contributed by atoms with Crippen molar-refractivity contribution in [2.75, 3.05) is 13.1 Å². The summed E-state index contributed by atoms with van der Waals surface area (Å²) >= 11 is 1.47. The summed E-state index contributed by atoms with van der Waals surface area (Å²) in [5.41, 5.74) is 2.13. The smallest absolute Gasteiger partial charge is 0.273 e. The van der Waals surface area contributed by atoms with Gasteiger partial charge in [0, 0.05) is 29.6 Å². The molecule has 0 saturated carbocycles. The Balaban J connectivity index is 1.30. The maximum absolute atomic E-state index is 13.1. The van der Waals surface area contributed by atoms with Crippen LogP contribution in [0.3, 0.4) is 0 Å². The van der Waals surface area contributed by atoms with Crippen LogP contribution >= 0.6 is 11.3 Å². The van der Waals surface area contributed by atoms with Gasteiger partial charge >= 0.3 is 0 Å². The minimum absolute atomic E-state index is 0.0355. The molecule has 1 atom stereocenters. The molecule has 5 rings (SSSR count). The van der Waals surface area contributed by atoms with E-state index in [-0.39, 0.29) is 17.6 Å². The van der Waals surface area contributed by atoms with Crippen LogP contribution in [0, 0.1) is 5.82 Å².